The standard InChI is InChI=1S/C21H19F3N2O3S/c1-13-7-9-18(10-8-13)30(28,29)25-20(27)19-11-14(2)26(15(19)3)17-6-4-5-16(12-17)21(22,23)24/h4-12H,1-3H3,(H,25,27). The van der Waals surface area contributed by atoms with Crippen molar-refractivity contribution in [3.63, 3.8) is 0 Å². The number of nitrogens with zero attached hydrogens (tertiary/aromatic N) is 1. The Morgan fingerprint density at radius 1 is 0.967 bits per heavy atom. The van der Waals surface area contributed by atoms with Crippen LogP contribution in [0.15, 0.2) is 59.5 Å². The first kappa shape index (κ1) is 21.6. The third-order valence-corrected chi connectivity index (χ3v) is 6.01. The first-order chi connectivity index (χ1) is 13.9. The number of nitrogens with one attached hydrogen (secondary N) is 1. The van der Waals surface area contributed by atoms with Gasteiger partial charge < -0.3 is 4.57 Å². The molecular formula is C21H19F3N2O3S. The molecule has 0 atom stereocenters. The molecule has 0 spiro atoms. The van der Waals surface area contributed by atoms with E-state index in [4.69, 9.17) is 0 Å². The molecule has 3 rings (SSSR count). The molecule has 1 amide bonds. The predicted molar refractivity (Wildman–Crippen MR) is 106 cm³/mol. The number of carbonyl (C=O) groups excluding carboxylic acids is 1. The fourth-order valence-electron chi connectivity index (χ4n) is 3.16. The molecule has 0 bridgehead atoms. The monoisotopic (exact) mass is 436 g/mol. The largest absolute Gasteiger partial charge is 0.416 e. The molecule has 3 aromatic rings. The minimum atomic E-state index is -4.51. The van der Waals surface area contributed by atoms with Crippen molar-refractivity contribution in [2.24, 2.45) is 0 Å². The van der Waals surface area contributed by atoms with Gasteiger partial charge in [0, 0.05) is 17.1 Å². The lowest BCUT2D eigenvalue weighted by atomic mass is 10.2. The van der Waals surface area contributed by atoms with Crippen LogP contribution in [-0.2, 0) is 16.2 Å². The summed E-state index contributed by atoms with van der Waals surface area (Å²) in [5.74, 6) is -0.859. The maximum atomic E-state index is 13.0. The summed E-state index contributed by atoms with van der Waals surface area (Å²) in [5.41, 5.74) is 1.14. The molecule has 0 radical (unpaired) electrons. The van der Waals surface area contributed by atoms with Crippen molar-refractivity contribution in [2.45, 2.75) is 31.8 Å². The number of aromatic nitrogens is 1. The Hall–Kier alpha value is -3.07. The zero-order valence-corrected chi connectivity index (χ0v) is 17.2. The van der Waals surface area contributed by atoms with Crippen molar-refractivity contribution in [3.05, 3.63) is 82.7 Å². The van der Waals surface area contributed by atoms with Crippen LogP contribution in [0.1, 0.15) is 32.9 Å². The zero-order valence-electron chi connectivity index (χ0n) is 16.4. The summed E-state index contributed by atoms with van der Waals surface area (Å²) < 4.78 is 67.6. The van der Waals surface area contributed by atoms with Gasteiger partial charge in [0.2, 0.25) is 0 Å². The molecule has 1 N–H and O–H groups in total. The Bertz CT molecular complexity index is 1210. The van der Waals surface area contributed by atoms with E-state index in [0.29, 0.717) is 11.4 Å². The lowest BCUT2D eigenvalue weighted by molar-refractivity contribution is -0.137. The van der Waals surface area contributed by atoms with E-state index in [0.717, 1.165) is 17.7 Å². The third kappa shape index (κ3) is 4.25. The van der Waals surface area contributed by atoms with Gasteiger partial charge in [0.1, 0.15) is 0 Å². The van der Waals surface area contributed by atoms with Crippen molar-refractivity contribution < 1.29 is 26.4 Å². The second-order valence-electron chi connectivity index (χ2n) is 6.92. The van der Waals surface area contributed by atoms with E-state index in [-0.39, 0.29) is 16.1 Å². The molecule has 30 heavy (non-hydrogen) atoms. The number of halogens is 3. The number of rotatable bonds is 4. The van der Waals surface area contributed by atoms with Crippen LogP contribution in [0.4, 0.5) is 13.2 Å². The van der Waals surface area contributed by atoms with Gasteiger partial charge in [-0.1, -0.05) is 23.8 Å². The van der Waals surface area contributed by atoms with Gasteiger partial charge in [-0.05, 0) is 57.2 Å². The summed E-state index contributed by atoms with van der Waals surface area (Å²) in [6.45, 7) is 4.97. The molecule has 9 heteroatoms. The first-order valence-corrected chi connectivity index (χ1v) is 10.4. The highest BCUT2D eigenvalue weighted by Gasteiger charge is 2.31. The maximum absolute atomic E-state index is 13.0. The quantitative estimate of drug-likeness (QED) is 0.653. The number of benzene rings is 2. The van der Waals surface area contributed by atoms with E-state index >= 15 is 0 Å². The minimum Gasteiger partial charge on any atom is -0.318 e. The van der Waals surface area contributed by atoms with Gasteiger partial charge in [0.25, 0.3) is 15.9 Å². The number of aryl methyl sites for hydroxylation is 2. The van der Waals surface area contributed by atoms with E-state index in [1.807, 2.05) is 4.72 Å². The minimum absolute atomic E-state index is 0.0561. The molecule has 0 aliphatic rings. The second kappa shape index (κ2) is 7.64. The maximum Gasteiger partial charge on any atom is 0.416 e. The number of hydrogen-bond acceptors (Lipinski definition) is 3. The van der Waals surface area contributed by atoms with Crippen molar-refractivity contribution in [1.82, 2.24) is 9.29 Å². The molecule has 0 aliphatic carbocycles. The number of alkyl halides is 3. The van der Waals surface area contributed by atoms with E-state index in [1.165, 1.54) is 34.9 Å². The molecular weight excluding hydrogens is 417 g/mol. The molecule has 0 unspecified atom stereocenters. The lowest BCUT2D eigenvalue weighted by Gasteiger charge is -2.13. The van der Waals surface area contributed by atoms with Gasteiger partial charge >= 0.3 is 6.18 Å². The highest BCUT2D eigenvalue weighted by atomic mass is 32.2. The van der Waals surface area contributed by atoms with Crippen molar-refractivity contribution >= 4 is 15.9 Å². The lowest BCUT2D eigenvalue weighted by Crippen LogP contribution is -2.30. The number of sulfonamides is 1. The number of hydrogen-bond donors (Lipinski definition) is 1. The molecule has 1 aromatic heterocycles. The summed E-state index contributed by atoms with van der Waals surface area (Å²) in [5, 5.41) is 0. The van der Waals surface area contributed by atoms with Crippen LogP contribution in [-0.4, -0.2) is 18.9 Å². The molecule has 5 nitrogen and oxygen atoms in total. The Balaban J connectivity index is 1.96. The average molecular weight is 436 g/mol. The zero-order chi connectivity index (χ0) is 22.3. The topological polar surface area (TPSA) is 68.2 Å². The molecule has 1 heterocycles. The molecule has 0 fully saturated rings. The summed E-state index contributed by atoms with van der Waals surface area (Å²) in [4.78, 5) is 12.6. The van der Waals surface area contributed by atoms with Crippen molar-refractivity contribution in [2.75, 3.05) is 0 Å². The van der Waals surface area contributed by atoms with Crippen molar-refractivity contribution in [1.29, 1.82) is 0 Å². The summed E-state index contributed by atoms with van der Waals surface area (Å²) in [6, 6.07) is 12.1. The molecule has 0 saturated heterocycles. The van der Waals surface area contributed by atoms with Crippen LogP contribution < -0.4 is 4.72 Å². The summed E-state index contributed by atoms with van der Waals surface area (Å²) in [7, 11) is -4.09. The highest BCUT2D eigenvalue weighted by Crippen LogP contribution is 2.31. The van der Waals surface area contributed by atoms with Crippen LogP contribution in [0.5, 0.6) is 0 Å². The number of amides is 1. The fraction of sp³-hybridized carbons (Fsp3) is 0.190. The van der Waals surface area contributed by atoms with Crippen LogP contribution in [0.25, 0.3) is 5.69 Å². The van der Waals surface area contributed by atoms with Crippen LogP contribution >= 0.6 is 0 Å². The van der Waals surface area contributed by atoms with E-state index < -0.39 is 27.7 Å². The Labute approximate surface area is 172 Å². The Morgan fingerprint density at radius 2 is 1.60 bits per heavy atom. The van der Waals surface area contributed by atoms with Crippen molar-refractivity contribution in [3.8, 4) is 5.69 Å². The van der Waals surface area contributed by atoms with Gasteiger partial charge in [-0.25, -0.2) is 13.1 Å². The Kier molecular flexibility index (Phi) is 5.51. The fourth-order valence-corrected chi connectivity index (χ4v) is 4.13. The van der Waals surface area contributed by atoms with E-state index in [2.05, 4.69) is 0 Å². The molecule has 0 saturated carbocycles. The summed E-state index contributed by atoms with van der Waals surface area (Å²) >= 11 is 0. The van der Waals surface area contributed by atoms with E-state index in [1.54, 1.807) is 32.9 Å². The van der Waals surface area contributed by atoms with Gasteiger partial charge in [0.05, 0.1) is 16.0 Å². The highest BCUT2D eigenvalue weighted by molar-refractivity contribution is 7.90. The average Bonchev–Trinajstić information content (AvgIpc) is 2.95. The first-order valence-electron chi connectivity index (χ1n) is 8.90. The van der Waals surface area contributed by atoms with Crippen LogP contribution in [0.3, 0.4) is 0 Å². The van der Waals surface area contributed by atoms with Crippen LogP contribution in [0, 0.1) is 20.8 Å². The smallest absolute Gasteiger partial charge is 0.318 e. The SMILES string of the molecule is Cc1ccc(S(=O)(=O)NC(=O)c2cc(C)n(-c3cccc(C(F)(F)F)c3)c2C)cc1. The Morgan fingerprint density at radius 3 is 2.20 bits per heavy atom. The summed E-state index contributed by atoms with van der Waals surface area (Å²) in [6.07, 6.45) is -4.51. The van der Waals surface area contributed by atoms with Gasteiger partial charge in [-0.15, -0.1) is 0 Å². The van der Waals surface area contributed by atoms with Gasteiger partial charge in [0.15, 0.2) is 0 Å². The van der Waals surface area contributed by atoms with Gasteiger partial charge in [-0.3, -0.25) is 4.79 Å². The van der Waals surface area contributed by atoms with Gasteiger partial charge in [-0.2, -0.15) is 13.2 Å². The number of carbonyl (C=O) groups is 1. The van der Waals surface area contributed by atoms with E-state index in [9.17, 15) is 26.4 Å². The van der Waals surface area contributed by atoms with Crippen LogP contribution in [0.2, 0.25) is 0 Å². The molecule has 0 aliphatic heterocycles. The second-order valence-corrected chi connectivity index (χ2v) is 8.60. The normalized spacial score (nSPS) is 12.1. The molecule has 2 aromatic carbocycles. The third-order valence-electron chi connectivity index (χ3n) is 4.67. The predicted octanol–water partition coefficient (Wildman–Crippen LogP) is 4.54. The molecule has 158 valence electrons.